The van der Waals surface area contributed by atoms with E-state index < -0.39 is 10.0 Å². The predicted octanol–water partition coefficient (Wildman–Crippen LogP) is 2.86. The minimum atomic E-state index is -3.64. The zero-order valence-corrected chi connectivity index (χ0v) is 13.1. The lowest BCUT2D eigenvalue weighted by molar-refractivity contribution is 0.101. The number of hydrogen-bond donors (Lipinski definition) is 1. The molecule has 1 N–H and O–H groups in total. The molecule has 22 heavy (non-hydrogen) atoms. The summed E-state index contributed by atoms with van der Waals surface area (Å²) in [5.74, 6) is -0.150. The molecule has 1 aliphatic rings. The van der Waals surface area contributed by atoms with E-state index in [0.717, 1.165) is 18.4 Å². The van der Waals surface area contributed by atoms with Gasteiger partial charge in [-0.25, -0.2) is 13.1 Å². The molecule has 0 aliphatic heterocycles. The van der Waals surface area contributed by atoms with Gasteiger partial charge in [-0.05, 0) is 43.0 Å². The Kier molecular flexibility index (Phi) is 3.85. The fraction of sp³-hybridized carbons (Fsp3) is 0.235. The maximum atomic E-state index is 12.6. The SMILES string of the molecule is CC(=O)c1cccc(S(=O)(=O)N[C@@H]2CCc3ccccc32)c1. The molecule has 0 amide bonds. The van der Waals surface area contributed by atoms with Crippen LogP contribution in [0.3, 0.4) is 0 Å². The van der Waals surface area contributed by atoms with Crippen LogP contribution >= 0.6 is 0 Å². The summed E-state index contributed by atoms with van der Waals surface area (Å²) in [7, 11) is -3.64. The number of Topliss-reactive ketones (excluding diaryl/α,β-unsaturated/α-hetero) is 1. The van der Waals surface area contributed by atoms with Gasteiger partial charge in [0.05, 0.1) is 4.90 Å². The summed E-state index contributed by atoms with van der Waals surface area (Å²) < 4.78 is 27.9. The molecular weight excluding hydrogens is 298 g/mol. The Balaban J connectivity index is 1.89. The van der Waals surface area contributed by atoms with Crippen molar-refractivity contribution in [2.75, 3.05) is 0 Å². The van der Waals surface area contributed by atoms with Gasteiger partial charge >= 0.3 is 0 Å². The highest BCUT2D eigenvalue weighted by Crippen LogP contribution is 2.32. The number of rotatable bonds is 4. The highest BCUT2D eigenvalue weighted by molar-refractivity contribution is 7.89. The molecule has 0 fully saturated rings. The summed E-state index contributed by atoms with van der Waals surface area (Å²) in [6.45, 7) is 1.42. The van der Waals surface area contributed by atoms with E-state index in [9.17, 15) is 13.2 Å². The number of hydrogen-bond acceptors (Lipinski definition) is 3. The number of nitrogens with one attached hydrogen (secondary N) is 1. The van der Waals surface area contributed by atoms with E-state index in [1.54, 1.807) is 12.1 Å². The third kappa shape index (κ3) is 2.82. The molecule has 0 saturated heterocycles. The smallest absolute Gasteiger partial charge is 0.241 e. The molecule has 4 nitrogen and oxygen atoms in total. The molecule has 1 atom stereocenters. The van der Waals surface area contributed by atoms with E-state index in [0.29, 0.717) is 5.56 Å². The van der Waals surface area contributed by atoms with Crippen molar-refractivity contribution in [2.45, 2.75) is 30.7 Å². The molecular formula is C17H17NO3S. The van der Waals surface area contributed by atoms with Crippen LogP contribution in [-0.4, -0.2) is 14.2 Å². The van der Waals surface area contributed by atoms with Crippen LogP contribution in [-0.2, 0) is 16.4 Å². The van der Waals surface area contributed by atoms with Gasteiger partial charge in [0.15, 0.2) is 5.78 Å². The summed E-state index contributed by atoms with van der Waals surface area (Å²) in [4.78, 5) is 11.5. The number of benzene rings is 2. The third-order valence-corrected chi connectivity index (χ3v) is 5.45. The Hall–Kier alpha value is -1.98. The molecule has 2 aromatic carbocycles. The topological polar surface area (TPSA) is 63.2 Å². The van der Waals surface area contributed by atoms with Gasteiger partial charge in [-0.1, -0.05) is 36.4 Å². The van der Waals surface area contributed by atoms with E-state index in [1.807, 2.05) is 24.3 Å². The third-order valence-electron chi connectivity index (χ3n) is 3.98. The highest BCUT2D eigenvalue weighted by atomic mass is 32.2. The number of ketones is 1. The molecule has 0 bridgehead atoms. The van der Waals surface area contributed by atoms with Crippen molar-refractivity contribution < 1.29 is 13.2 Å². The average molecular weight is 315 g/mol. The van der Waals surface area contributed by atoms with Gasteiger partial charge in [0.2, 0.25) is 10.0 Å². The van der Waals surface area contributed by atoms with Crippen LogP contribution in [0.25, 0.3) is 0 Å². The molecule has 3 rings (SSSR count). The molecule has 5 heteroatoms. The Morgan fingerprint density at radius 2 is 1.91 bits per heavy atom. The first kappa shape index (κ1) is 14.9. The fourth-order valence-electron chi connectivity index (χ4n) is 2.82. The van der Waals surface area contributed by atoms with E-state index in [4.69, 9.17) is 0 Å². The summed E-state index contributed by atoms with van der Waals surface area (Å²) in [6, 6.07) is 13.8. The zero-order valence-electron chi connectivity index (χ0n) is 12.2. The Morgan fingerprint density at radius 3 is 2.68 bits per heavy atom. The second-order valence-electron chi connectivity index (χ2n) is 5.50. The Morgan fingerprint density at radius 1 is 1.14 bits per heavy atom. The van der Waals surface area contributed by atoms with E-state index in [2.05, 4.69) is 4.72 Å². The van der Waals surface area contributed by atoms with Crippen molar-refractivity contribution in [3.05, 3.63) is 65.2 Å². The average Bonchev–Trinajstić information content (AvgIpc) is 2.90. The van der Waals surface area contributed by atoms with Gasteiger partial charge in [0.1, 0.15) is 0 Å². The Bertz CT molecular complexity index is 827. The summed E-state index contributed by atoms with van der Waals surface area (Å²) in [5.41, 5.74) is 2.62. The first-order valence-electron chi connectivity index (χ1n) is 7.18. The summed E-state index contributed by atoms with van der Waals surface area (Å²) in [5, 5.41) is 0. The number of sulfonamides is 1. The van der Waals surface area contributed by atoms with Crippen LogP contribution in [0.2, 0.25) is 0 Å². The normalized spacial score (nSPS) is 17.2. The molecule has 0 radical (unpaired) electrons. The maximum Gasteiger partial charge on any atom is 0.241 e. The van der Waals surface area contributed by atoms with Crippen molar-refractivity contribution in [2.24, 2.45) is 0 Å². The number of carbonyl (C=O) groups excluding carboxylic acids is 1. The molecule has 1 aliphatic carbocycles. The van der Waals surface area contributed by atoms with Crippen molar-refractivity contribution in [1.29, 1.82) is 0 Å². The predicted molar refractivity (Wildman–Crippen MR) is 84.3 cm³/mol. The van der Waals surface area contributed by atoms with Crippen molar-refractivity contribution in [1.82, 2.24) is 4.72 Å². The quantitative estimate of drug-likeness (QED) is 0.882. The standard InChI is InChI=1S/C17H17NO3S/c1-12(19)14-6-4-7-15(11-14)22(20,21)18-17-10-9-13-5-2-3-8-16(13)17/h2-8,11,17-18H,9-10H2,1H3/t17-/m1/s1. The fourth-order valence-corrected chi connectivity index (χ4v) is 4.11. The first-order valence-corrected chi connectivity index (χ1v) is 8.67. The maximum absolute atomic E-state index is 12.6. The summed E-state index contributed by atoms with van der Waals surface area (Å²) in [6.07, 6.45) is 1.63. The van der Waals surface area contributed by atoms with Crippen LogP contribution in [0.4, 0.5) is 0 Å². The minimum absolute atomic E-state index is 0.129. The van der Waals surface area contributed by atoms with E-state index >= 15 is 0 Å². The zero-order chi connectivity index (χ0) is 15.7. The number of carbonyl (C=O) groups is 1. The molecule has 0 heterocycles. The molecule has 0 spiro atoms. The van der Waals surface area contributed by atoms with Crippen molar-refractivity contribution in [3.8, 4) is 0 Å². The van der Waals surface area contributed by atoms with Crippen LogP contribution in [0.15, 0.2) is 53.4 Å². The van der Waals surface area contributed by atoms with Crippen LogP contribution in [0, 0.1) is 0 Å². The van der Waals surface area contributed by atoms with Crippen molar-refractivity contribution in [3.63, 3.8) is 0 Å². The van der Waals surface area contributed by atoms with Gasteiger partial charge < -0.3 is 0 Å². The lowest BCUT2D eigenvalue weighted by Crippen LogP contribution is -2.27. The number of fused-ring (bicyclic) bond motifs is 1. The van der Waals surface area contributed by atoms with E-state index in [-0.39, 0.29) is 16.7 Å². The van der Waals surface area contributed by atoms with Gasteiger partial charge in [-0.2, -0.15) is 0 Å². The van der Waals surface area contributed by atoms with Crippen LogP contribution < -0.4 is 4.72 Å². The van der Waals surface area contributed by atoms with Gasteiger partial charge in [-0.15, -0.1) is 0 Å². The van der Waals surface area contributed by atoms with Gasteiger partial charge in [-0.3, -0.25) is 4.79 Å². The monoisotopic (exact) mass is 315 g/mol. The van der Waals surface area contributed by atoms with E-state index in [1.165, 1.54) is 24.6 Å². The lowest BCUT2D eigenvalue weighted by atomic mass is 10.1. The van der Waals surface area contributed by atoms with Crippen molar-refractivity contribution >= 4 is 15.8 Å². The number of aryl methyl sites for hydroxylation is 1. The largest absolute Gasteiger partial charge is 0.295 e. The van der Waals surface area contributed by atoms with Crippen LogP contribution in [0.1, 0.15) is 40.9 Å². The first-order chi connectivity index (χ1) is 10.5. The van der Waals surface area contributed by atoms with Gasteiger partial charge in [0, 0.05) is 11.6 Å². The molecule has 0 aromatic heterocycles. The molecule has 114 valence electrons. The second-order valence-corrected chi connectivity index (χ2v) is 7.21. The lowest BCUT2D eigenvalue weighted by Gasteiger charge is -2.14. The molecule has 0 unspecified atom stereocenters. The summed E-state index contributed by atoms with van der Waals surface area (Å²) >= 11 is 0. The van der Waals surface area contributed by atoms with Crippen LogP contribution in [0.5, 0.6) is 0 Å². The highest BCUT2D eigenvalue weighted by Gasteiger charge is 2.27. The second kappa shape index (κ2) is 5.66. The van der Waals surface area contributed by atoms with Gasteiger partial charge in [0.25, 0.3) is 0 Å². The Labute approximate surface area is 130 Å². The molecule has 0 saturated carbocycles. The minimum Gasteiger partial charge on any atom is -0.295 e. The molecule has 2 aromatic rings.